The SMILES string of the molecule is CCC(N)N1CCN(CCCNc2ccc3ncn4c5ccccc5c(=O)c2c34)CC1. The molecule has 0 bridgehead atoms. The average Bonchev–Trinajstić information content (AvgIpc) is 3.25. The van der Waals surface area contributed by atoms with Gasteiger partial charge >= 0.3 is 0 Å². The Balaban J connectivity index is 1.29. The lowest BCUT2D eigenvalue weighted by Crippen LogP contribution is -2.53. The summed E-state index contributed by atoms with van der Waals surface area (Å²) in [6.07, 6.45) is 4.03. The van der Waals surface area contributed by atoms with E-state index in [0.717, 1.165) is 85.1 Å². The number of hydrogen-bond acceptors (Lipinski definition) is 6. The number of hydrogen-bond donors (Lipinski definition) is 2. The standard InChI is InChI=1S/C24H30N6O/c1-2-21(25)29-14-12-28(13-15-29)11-5-10-26-18-8-9-19-23-22(18)24(31)17-6-3-4-7-20(17)30(23)16-27-19/h3-4,6-9,16,21,26H,2,5,10-15,25H2,1H3. The number of para-hydroxylation sites is 1. The average molecular weight is 419 g/mol. The van der Waals surface area contributed by atoms with Crippen LogP contribution in [0.3, 0.4) is 0 Å². The number of anilines is 1. The molecule has 0 radical (unpaired) electrons. The molecule has 1 atom stereocenters. The van der Waals surface area contributed by atoms with Gasteiger partial charge in [-0.2, -0.15) is 0 Å². The van der Waals surface area contributed by atoms with Gasteiger partial charge in [0.1, 0.15) is 6.33 Å². The summed E-state index contributed by atoms with van der Waals surface area (Å²) in [5.74, 6) is 0. The maximum absolute atomic E-state index is 13.3. The minimum atomic E-state index is 0.0695. The van der Waals surface area contributed by atoms with Crippen LogP contribution in [-0.2, 0) is 0 Å². The smallest absolute Gasteiger partial charge is 0.199 e. The Morgan fingerprint density at radius 3 is 2.74 bits per heavy atom. The fourth-order valence-corrected chi connectivity index (χ4v) is 4.78. The van der Waals surface area contributed by atoms with Crippen LogP contribution in [0.5, 0.6) is 0 Å². The summed E-state index contributed by atoms with van der Waals surface area (Å²) < 4.78 is 2.03. The Morgan fingerprint density at radius 2 is 1.94 bits per heavy atom. The molecule has 0 amide bonds. The Bertz CT molecular complexity index is 1240. The number of imidazole rings is 1. The number of fused-ring (bicyclic) bond motifs is 2. The highest BCUT2D eigenvalue weighted by atomic mass is 16.1. The number of nitrogens with zero attached hydrogens (tertiary/aromatic N) is 4. The second kappa shape index (κ2) is 8.42. The summed E-state index contributed by atoms with van der Waals surface area (Å²) in [6.45, 7) is 8.25. The number of rotatable bonds is 7. The van der Waals surface area contributed by atoms with Gasteiger partial charge in [-0.15, -0.1) is 0 Å². The topological polar surface area (TPSA) is 78.9 Å². The van der Waals surface area contributed by atoms with Crippen molar-refractivity contribution in [2.24, 2.45) is 5.73 Å². The van der Waals surface area contributed by atoms with Gasteiger partial charge in [0.25, 0.3) is 0 Å². The van der Waals surface area contributed by atoms with Crippen molar-refractivity contribution in [2.75, 3.05) is 44.6 Å². The molecule has 31 heavy (non-hydrogen) atoms. The first kappa shape index (κ1) is 20.2. The van der Waals surface area contributed by atoms with E-state index < -0.39 is 0 Å². The molecule has 1 fully saturated rings. The molecule has 1 aliphatic rings. The van der Waals surface area contributed by atoms with Gasteiger partial charge in [-0.3, -0.25) is 14.1 Å². The lowest BCUT2D eigenvalue weighted by molar-refractivity contribution is 0.0961. The van der Waals surface area contributed by atoms with Crippen LogP contribution in [0.25, 0.3) is 27.3 Å². The van der Waals surface area contributed by atoms with E-state index in [2.05, 4.69) is 27.0 Å². The van der Waals surface area contributed by atoms with E-state index >= 15 is 0 Å². The van der Waals surface area contributed by atoms with E-state index in [9.17, 15) is 4.79 Å². The molecule has 7 heteroatoms. The van der Waals surface area contributed by atoms with Gasteiger partial charge in [-0.25, -0.2) is 4.98 Å². The zero-order valence-electron chi connectivity index (χ0n) is 18.1. The summed E-state index contributed by atoms with van der Waals surface area (Å²) in [4.78, 5) is 22.7. The third kappa shape index (κ3) is 3.63. The number of nitrogens with one attached hydrogen (secondary N) is 1. The molecule has 3 N–H and O–H groups in total. The van der Waals surface area contributed by atoms with Crippen LogP contribution in [0.15, 0.2) is 47.5 Å². The second-order valence-corrected chi connectivity index (χ2v) is 8.45. The van der Waals surface area contributed by atoms with Crippen molar-refractivity contribution in [3.05, 3.63) is 52.9 Å². The fraction of sp³-hybridized carbons (Fsp3) is 0.417. The predicted molar refractivity (Wildman–Crippen MR) is 127 cm³/mol. The number of aromatic nitrogens is 2. The Labute approximate surface area is 181 Å². The third-order valence-electron chi connectivity index (χ3n) is 6.61. The minimum absolute atomic E-state index is 0.0695. The lowest BCUT2D eigenvalue weighted by Gasteiger charge is -2.37. The highest BCUT2D eigenvalue weighted by Crippen LogP contribution is 2.28. The van der Waals surface area contributed by atoms with E-state index in [1.807, 2.05) is 47.1 Å². The molecule has 1 aliphatic heterocycles. The third-order valence-corrected chi connectivity index (χ3v) is 6.61. The molecule has 5 rings (SSSR count). The lowest BCUT2D eigenvalue weighted by atomic mass is 10.1. The van der Waals surface area contributed by atoms with Gasteiger partial charge in [-0.1, -0.05) is 19.1 Å². The molecule has 0 aliphatic carbocycles. The Kier molecular flexibility index (Phi) is 5.48. The molecular formula is C24H30N6O. The normalized spacial score (nSPS) is 17.1. The van der Waals surface area contributed by atoms with E-state index in [0.29, 0.717) is 0 Å². The maximum Gasteiger partial charge on any atom is 0.199 e. The minimum Gasteiger partial charge on any atom is -0.384 e. The Hall–Kier alpha value is -2.74. The molecule has 2 aromatic carbocycles. The van der Waals surface area contributed by atoms with E-state index in [1.54, 1.807) is 0 Å². The molecule has 3 heterocycles. The molecule has 162 valence electrons. The molecular weight excluding hydrogens is 388 g/mol. The van der Waals surface area contributed by atoms with Gasteiger partial charge in [-0.05, 0) is 43.7 Å². The van der Waals surface area contributed by atoms with Crippen molar-refractivity contribution in [1.82, 2.24) is 19.2 Å². The number of nitrogens with two attached hydrogens (primary N) is 1. The monoisotopic (exact) mass is 418 g/mol. The number of pyridine rings is 1. The van der Waals surface area contributed by atoms with Crippen LogP contribution in [0.1, 0.15) is 19.8 Å². The zero-order valence-corrected chi connectivity index (χ0v) is 18.1. The molecule has 0 saturated carbocycles. The first-order chi connectivity index (χ1) is 15.2. The molecule has 1 saturated heterocycles. The van der Waals surface area contributed by atoms with Gasteiger partial charge in [0.2, 0.25) is 0 Å². The van der Waals surface area contributed by atoms with Crippen molar-refractivity contribution in [2.45, 2.75) is 25.9 Å². The molecule has 7 nitrogen and oxygen atoms in total. The Morgan fingerprint density at radius 1 is 1.13 bits per heavy atom. The van der Waals surface area contributed by atoms with Crippen LogP contribution in [0.4, 0.5) is 5.69 Å². The maximum atomic E-state index is 13.3. The number of benzene rings is 2. The van der Waals surface area contributed by atoms with Gasteiger partial charge in [0.15, 0.2) is 5.43 Å². The van der Waals surface area contributed by atoms with Crippen molar-refractivity contribution in [1.29, 1.82) is 0 Å². The van der Waals surface area contributed by atoms with Crippen molar-refractivity contribution < 1.29 is 0 Å². The second-order valence-electron chi connectivity index (χ2n) is 8.45. The van der Waals surface area contributed by atoms with E-state index in [4.69, 9.17) is 5.73 Å². The van der Waals surface area contributed by atoms with Crippen LogP contribution >= 0.6 is 0 Å². The summed E-state index contributed by atoms with van der Waals surface area (Å²) in [6, 6.07) is 11.7. The van der Waals surface area contributed by atoms with E-state index in [-0.39, 0.29) is 11.6 Å². The first-order valence-corrected chi connectivity index (χ1v) is 11.3. The van der Waals surface area contributed by atoms with Crippen molar-refractivity contribution in [3.8, 4) is 0 Å². The van der Waals surface area contributed by atoms with Gasteiger partial charge in [0, 0.05) is 43.8 Å². The predicted octanol–water partition coefficient (Wildman–Crippen LogP) is 2.55. The van der Waals surface area contributed by atoms with E-state index in [1.165, 1.54) is 0 Å². The molecule has 4 aromatic rings. The van der Waals surface area contributed by atoms with Gasteiger partial charge < -0.3 is 16.0 Å². The molecule has 0 spiro atoms. The first-order valence-electron chi connectivity index (χ1n) is 11.3. The molecule has 2 aromatic heterocycles. The van der Waals surface area contributed by atoms with Gasteiger partial charge in [0.05, 0.1) is 28.1 Å². The van der Waals surface area contributed by atoms with Crippen LogP contribution in [0.2, 0.25) is 0 Å². The highest BCUT2D eigenvalue weighted by Gasteiger charge is 2.20. The van der Waals surface area contributed by atoms with Crippen molar-refractivity contribution >= 4 is 33.0 Å². The highest BCUT2D eigenvalue weighted by molar-refractivity contribution is 6.06. The summed E-state index contributed by atoms with van der Waals surface area (Å²) in [7, 11) is 0. The summed E-state index contributed by atoms with van der Waals surface area (Å²) in [5.41, 5.74) is 9.78. The van der Waals surface area contributed by atoms with Crippen molar-refractivity contribution in [3.63, 3.8) is 0 Å². The van der Waals surface area contributed by atoms with Crippen LogP contribution < -0.4 is 16.5 Å². The van der Waals surface area contributed by atoms with Crippen LogP contribution in [0, 0.1) is 0 Å². The summed E-state index contributed by atoms with van der Waals surface area (Å²) in [5, 5.41) is 4.99. The zero-order chi connectivity index (χ0) is 21.4. The quantitative estimate of drug-likeness (QED) is 0.355. The largest absolute Gasteiger partial charge is 0.384 e. The molecule has 1 unspecified atom stereocenters. The van der Waals surface area contributed by atoms with Crippen LogP contribution in [-0.4, -0.2) is 64.6 Å². The summed E-state index contributed by atoms with van der Waals surface area (Å²) >= 11 is 0. The fourth-order valence-electron chi connectivity index (χ4n) is 4.78. The number of piperazine rings is 1.